The Labute approximate surface area is 655 Å². The van der Waals surface area contributed by atoms with Crippen LogP contribution in [0.3, 0.4) is 0 Å². The first-order valence-electron chi connectivity index (χ1n) is 37.8. The third-order valence-corrected chi connectivity index (χ3v) is 18.2. The number of guanidine groups is 1. The zero-order valence-corrected chi connectivity index (χ0v) is 65.8. The molecule has 0 saturated carbocycles. The summed E-state index contributed by atoms with van der Waals surface area (Å²) in [6, 6.07) is -22.2. The summed E-state index contributed by atoms with van der Waals surface area (Å²) in [6.45, 7) is 14.1. The zero-order chi connectivity index (χ0) is 85.7. The summed E-state index contributed by atoms with van der Waals surface area (Å²) in [5, 5.41) is 90.7. The molecule has 0 unspecified atom stereocenters. The molecular formula is C70H121N21O22. The highest BCUT2D eigenvalue weighted by atomic mass is 16.4. The molecule has 0 bridgehead atoms. The van der Waals surface area contributed by atoms with Crippen LogP contribution in [0.15, 0.2) is 17.5 Å². The van der Waals surface area contributed by atoms with Crippen molar-refractivity contribution in [3.63, 3.8) is 0 Å². The van der Waals surface area contributed by atoms with E-state index in [0.717, 1.165) is 18.7 Å². The van der Waals surface area contributed by atoms with Crippen LogP contribution in [0, 0.1) is 23.7 Å². The number of imidazole rings is 1. The van der Waals surface area contributed by atoms with E-state index in [-0.39, 0.29) is 102 Å². The standard InChI is InChI=1S/C70H121N21O22/c1-33(2)27-44(85-64(107)51(73)34(3)4)59(102)83-45(28-39-30-76-32-78-39)60(103)81-42(21-22-49(95)96)56(99)79-40(17-11-13-23-71)58(101)90-55(38(10)94)68(111)91-26-16-20-48(91)63(106)88-52(35(5)6)65(108)86-47(31-92)62(105)84-46(29-50(97)98)61(104)80-41(19-15-25-77-70(74)75)57(100)87-53(36(7)8)66(109)89-54(37(9)93)67(110)82-43(69(112)113)18-12-14-24-72/h30,32-38,40-48,51-55,92-94H,11-29,31,71-73H2,1-10H3,(H,76,78)(H,79,99)(H,80,104)(H,81,103)(H,82,110)(H,83,102)(H,84,105)(H,85,107)(H,86,108)(H,87,100)(H,88,106)(H,89,109)(H,90,101)(H,95,96)(H,97,98)(H,112,113)(H4,74,75,77)/t37-,38-,40+,41+,42+,43+,44+,45+,46+,47+,48+,51+,52+,53+,54+,55+/m1/s1. The molecule has 1 aliphatic heterocycles. The molecule has 2 rings (SSSR count). The molecule has 0 radical (unpaired) electrons. The predicted molar refractivity (Wildman–Crippen MR) is 405 cm³/mol. The van der Waals surface area contributed by atoms with Crippen LogP contribution in [0.25, 0.3) is 0 Å². The molecule has 2 heterocycles. The number of carbonyl (C=O) groups is 16. The molecule has 29 N–H and O–H groups in total. The molecule has 0 aromatic carbocycles. The van der Waals surface area contributed by atoms with Crippen molar-refractivity contribution in [1.82, 2.24) is 78.7 Å². The number of hydrogen-bond acceptors (Lipinski definition) is 24. The quantitative estimate of drug-likeness (QED) is 0.0164. The number of aliphatic carboxylic acids is 3. The number of aliphatic hydroxyl groups excluding tert-OH is 3. The van der Waals surface area contributed by atoms with E-state index in [2.05, 4.69) is 78.8 Å². The maximum Gasteiger partial charge on any atom is 0.326 e. The first kappa shape index (κ1) is 98.8. The second kappa shape index (κ2) is 50.0. The fraction of sp³-hybridized carbons (Fsp3) is 0.714. The van der Waals surface area contributed by atoms with Crippen LogP contribution in [0.1, 0.15) is 165 Å². The average Bonchev–Trinajstić information content (AvgIpc) is 1.73. The van der Waals surface area contributed by atoms with Crippen molar-refractivity contribution < 1.29 is 107 Å². The average molecular weight is 1610 g/mol. The lowest BCUT2D eigenvalue weighted by Crippen LogP contribution is -2.63. The number of unbranched alkanes of at least 4 members (excludes halogenated alkanes) is 2. The number of carboxylic acid groups (broad SMARTS) is 3. The highest BCUT2D eigenvalue weighted by Gasteiger charge is 2.44. The molecule has 113 heavy (non-hydrogen) atoms. The monoisotopic (exact) mass is 1610 g/mol. The summed E-state index contributed by atoms with van der Waals surface area (Å²) in [6.07, 6.45) is -2.43. The Kier molecular flexibility index (Phi) is 43.7. The van der Waals surface area contributed by atoms with Crippen molar-refractivity contribution in [1.29, 1.82) is 0 Å². The first-order chi connectivity index (χ1) is 53.0. The maximum atomic E-state index is 14.6. The number of H-pyrrole nitrogens is 1. The number of carboxylic acids is 3. The number of carbonyl (C=O) groups excluding carboxylic acids is 13. The van der Waals surface area contributed by atoms with Gasteiger partial charge in [0, 0.05) is 37.8 Å². The van der Waals surface area contributed by atoms with Gasteiger partial charge in [-0.25, -0.2) is 9.78 Å². The Morgan fingerprint density at radius 3 is 1.42 bits per heavy atom. The number of nitrogens with one attached hydrogen (secondary N) is 13. The second-order valence-electron chi connectivity index (χ2n) is 29.3. The number of nitrogens with two attached hydrogens (primary N) is 5. The van der Waals surface area contributed by atoms with Crippen molar-refractivity contribution in [2.24, 2.45) is 57.3 Å². The summed E-state index contributed by atoms with van der Waals surface area (Å²) >= 11 is 0. The molecule has 16 atom stereocenters. The van der Waals surface area contributed by atoms with Gasteiger partial charge in [-0.2, -0.15) is 0 Å². The third kappa shape index (κ3) is 34.7. The van der Waals surface area contributed by atoms with Crippen LogP contribution in [-0.4, -0.2) is 276 Å². The van der Waals surface area contributed by atoms with Gasteiger partial charge in [0.1, 0.15) is 78.5 Å². The highest BCUT2D eigenvalue weighted by Crippen LogP contribution is 2.22. The predicted octanol–water partition coefficient (Wildman–Crippen LogP) is -7.41. The minimum absolute atomic E-state index is 0.0353. The van der Waals surface area contributed by atoms with Gasteiger partial charge < -0.3 is 133 Å². The van der Waals surface area contributed by atoms with Gasteiger partial charge >= 0.3 is 17.9 Å². The highest BCUT2D eigenvalue weighted by molar-refractivity contribution is 6.01. The summed E-state index contributed by atoms with van der Waals surface area (Å²) < 4.78 is 0. The van der Waals surface area contributed by atoms with Crippen LogP contribution in [0.2, 0.25) is 0 Å². The smallest absolute Gasteiger partial charge is 0.326 e. The van der Waals surface area contributed by atoms with Gasteiger partial charge in [-0.05, 0) is 128 Å². The Balaban J connectivity index is 2.44. The van der Waals surface area contributed by atoms with Crippen molar-refractivity contribution >= 4 is 101 Å². The van der Waals surface area contributed by atoms with Crippen molar-refractivity contribution in [3.8, 4) is 0 Å². The van der Waals surface area contributed by atoms with E-state index in [4.69, 9.17) is 28.7 Å². The van der Waals surface area contributed by atoms with E-state index in [1.54, 1.807) is 27.7 Å². The van der Waals surface area contributed by atoms with E-state index in [9.17, 15) is 107 Å². The maximum absolute atomic E-state index is 14.6. The fourth-order valence-corrected chi connectivity index (χ4v) is 11.7. The van der Waals surface area contributed by atoms with Crippen LogP contribution in [0.5, 0.6) is 0 Å². The molecule has 43 nitrogen and oxygen atoms in total. The van der Waals surface area contributed by atoms with E-state index in [0.29, 0.717) is 25.0 Å². The van der Waals surface area contributed by atoms with Gasteiger partial charge in [-0.15, -0.1) is 0 Å². The third-order valence-electron chi connectivity index (χ3n) is 18.2. The Hall–Kier alpha value is -10.2. The Morgan fingerprint density at radius 1 is 0.504 bits per heavy atom. The van der Waals surface area contributed by atoms with Crippen molar-refractivity contribution in [3.05, 3.63) is 18.2 Å². The summed E-state index contributed by atoms with van der Waals surface area (Å²) in [5.41, 5.74) is 28.7. The lowest BCUT2D eigenvalue weighted by molar-refractivity contribution is -0.145. The number of amides is 13. The molecule has 43 heteroatoms. The van der Waals surface area contributed by atoms with Crippen molar-refractivity contribution in [2.45, 2.75) is 262 Å². The molecule has 1 aromatic heterocycles. The summed E-state index contributed by atoms with van der Waals surface area (Å²) in [5.74, 6) is -20.4. The summed E-state index contributed by atoms with van der Waals surface area (Å²) in [7, 11) is 0. The molecule has 638 valence electrons. The van der Waals surface area contributed by atoms with Crippen LogP contribution < -0.4 is 92.5 Å². The molecule has 13 amide bonds. The number of nitrogens with zero attached hydrogens (tertiary/aromatic N) is 3. The van der Waals surface area contributed by atoms with E-state index in [1.165, 1.54) is 40.2 Å². The lowest BCUT2D eigenvalue weighted by Gasteiger charge is -2.32. The van der Waals surface area contributed by atoms with E-state index < -0.39 is 229 Å². The SMILES string of the molecule is CC(C)C[C@H](NC(=O)[C@@H](N)C(C)C)C(=O)N[C@@H](Cc1cnc[nH]1)C(=O)N[C@@H](CCC(=O)O)C(=O)N[C@@H](CCCCN)C(=O)N[C@H](C(=O)N1CCC[C@H]1C(=O)N[C@H](C(=O)N[C@@H](CO)C(=O)N[C@@H](CC(=O)O)C(=O)N[C@@H](CCCN=C(N)N)C(=O)N[C@H](C(=O)N[C@H](C(=O)N[C@@H](CCCCN)C(=O)O)[C@@H](C)O)C(C)C)C(C)C)[C@@H](C)O. The molecule has 1 saturated heterocycles. The van der Waals surface area contributed by atoms with Gasteiger partial charge in [0.2, 0.25) is 76.8 Å². The number of aromatic amines is 1. The summed E-state index contributed by atoms with van der Waals surface area (Å²) in [4.78, 5) is 231. The first-order valence-corrected chi connectivity index (χ1v) is 37.8. The van der Waals surface area contributed by atoms with Crippen LogP contribution in [0.4, 0.5) is 0 Å². The Morgan fingerprint density at radius 2 is 0.938 bits per heavy atom. The topological polar surface area (TPSA) is 713 Å². The lowest BCUT2D eigenvalue weighted by atomic mass is 10.00. The number of rotatable bonds is 53. The van der Waals surface area contributed by atoms with Crippen molar-refractivity contribution in [2.75, 3.05) is 32.8 Å². The number of likely N-dealkylation sites (tertiary alicyclic amines) is 1. The van der Waals surface area contributed by atoms with E-state index in [1.807, 2.05) is 0 Å². The van der Waals surface area contributed by atoms with Gasteiger partial charge in [-0.1, -0.05) is 55.4 Å². The molecular weight excluding hydrogens is 1490 g/mol. The molecule has 1 aromatic rings. The largest absolute Gasteiger partial charge is 0.481 e. The van der Waals surface area contributed by atoms with Crippen LogP contribution in [-0.2, 0) is 83.1 Å². The number of aromatic nitrogens is 2. The minimum atomic E-state index is -2.07. The van der Waals surface area contributed by atoms with Gasteiger partial charge in [-0.3, -0.25) is 76.9 Å². The number of hydrogen-bond donors (Lipinski definition) is 24. The minimum Gasteiger partial charge on any atom is -0.481 e. The zero-order valence-electron chi connectivity index (χ0n) is 65.8. The second-order valence-corrected chi connectivity index (χ2v) is 29.3. The van der Waals surface area contributed by atoms with Gasteiger partial charge in [0.25, 0.3) is 0 Å². The van der Waals surface area contributed by atoms with Crippen LogP contribution >= 0.6 is 0 Å². The fourth-order valence-electron chi connectivity index (χ4n) is 11.7. The molecule has 1 aliphatic rings. The molecule has 0 spiro atoms. The van der Waals surface area contributed by atoms with Gasteiger partial charge in [0.05, 0.1) is 37.6 Å². The van der Waals surface area contributed by atoms with E-state index >= 15 is 0 Å². The molecule has 1 fully saturated rings. The molecule has 0 aliphatic carbocycles. The normalized spacial score (nSPS) is 16.7. The number of aliphatic hydroxyl groups is 3. The Bertz CT molecular complexity index is 3370. The number of aliphatic imine (C=N–C) groups is 1. The van der Waals surface area contributed by atoms with Gasteiger partial charge in [0.15, 0.2) is 5.96 Å².